The zero-order chi connectivity index (χ0) is 10.1. The first-order valence-electron chi connectivity index (χ1n) is 4.02. The predicted molar refractivity (Wildman–Crippen MR) is 60.8 cm³/mol. The number of aliphatic hydroxyl groups excluding tert-OH is 1. The molecule has 1 N–H and O–H groups in total. The van der Waals surface area contributed by atoms with Crippen molar-refractivity contribution in [2.75, 3.05) is 0 Å². The molecule has 0 saturated carbocycles. The highest BCUT2D eigenvalue weighted by Crippen LogP contribution is 2.31. The Kier molecular flexibility index (Phi) is 2.67. The summed E-state index contributed by atoms with van der Waals surface area (Å²) in [7, 11) is 0. The molecule has 0 unspecified atom stereocenters. The van der Waals surface area contributed by atoms with Crippen LogP contribution in [0.25, 0.3) is 10.1 Å². The van der Waals surface area contributed by atoms with E-state index in [1.807, 2.05) is 17.5 Å². The monoisotopic (exact) mass is 270 g/mol. The second-order valence-electron chi connectivity index (χ2n) is 2.91. The minimum atomic E-state index is -0.00521. The van der Waals surface area contributed by atoms with Crippen LogP contribution >= 0.6 is 27.3 Å². The molecule has 0 aliphatic rings. The number of rotatable bonds is 2. The predicted octanol–water partition coefficient (Wildman–Crippen LogP) is 2.97. The first-order chi connectivity index (χ1) is 6.76. The van der Waals surface area contributed by atoms with Crippen LogP contribution in [0.3, 0.4) is 0 Å². The van der Waals surface area contributed by atoms with E-state index in [-0.39, 0.29) is 6.61 Å². The van der Waals surface area contributed by atoms with E-state index in [0.29, 0.717) is 5.56 Å². The molecule has 0 amide bonds. The minimum absolute atomic E-state index is 0.00521. The Labute approximate surface area is 93.3 Å². The van der Waals surface area contributed by atoms with E-state index in [4.69, 9.17) is 5.11 Å². The van der Waals surface area contributed by atoms with Crippen molar-refractivity contribution in [3.8, 4) is 0 Å². The van der Waals surface area contributed by atoms with Crippen LogP contribution in [0.2, 0.25) is 0 Å². The van der Waals surface area contributed by atoms with Gasteiger partial charge in [0.25, 0.3) is 0 Å². The molecule has 0 saturated heterocycles. The first kappa shape index (κ1) is 9.83. The van der Waals surface area contributed by atoms with Crippen molar-refractivity contribution in [1.82, 2.24) is 0 Å². The van der Waals surface area contributed by atoms with Gasteiger partial charge in [-0.1, -0.05) is 15.9 Å². The largest absolute Gasteiger partial charge is 0.392 e. The van der Waals surface area contributed by atoms with E-state index >= 15 is 0 Å². The molecule has 2 aromatic rings. The number of aliphatic hydroxyl groups is 1. The molecule has 4 heteroatoms. The molecule has 0 aliphatic carbocycles. The van der Waals surface area contributed by atoms with Gasteiger partial charge in [0, 0.05) is 25.5 Å². The van der Waals surface area contributed by atoms with Gasteiger partial charge < -0.3 is 5.11 Å². The minimum Gasteiger partial charge on any atom is -0.392 e. The summed E-state index contributed by atoms with van der Waals surface area (Å²) in [4.78, 5) is 10.7. The number of carbonyl (C=O) groups is 1. The van der Waals surface area contributed by atoms with Crippen LogP contribution in [0.15, 0.2) is 22.0 Å². The Hall–Kier alpha value is -0.710. The van der Waals surface area contributed by atoms with Crippen molar-refractivity contribution in [3.63, 3.8) is 0 Å². The maximum absolute atomic E-state index is 10.7. The maximum atomic E-state index is 10.7. The van der Waals surface area contributed by atoms with Crippen molar-refractivity contribution >= 4 is 43.6 Å². The average Bonchev–Trinajstić information content (AvgIpc) is 2.59. The number of halogens is 1. The third kappa shape index (κ3) is 1.49. The van der Waals surface area contributed by atoms with Gasteiger partial charge in [-0.15, -0.1) is 11.3 Å². The lowest BCUT2D eigenvalue weighted by Gasteiger charge is -2.00. The van der Waals surface area contributed by atoms with Crippen molar-refractivity contribution in [3.05, 3.63) is 33.1 Å². The molecule has 2 rings (SSSR count). The molecule has 14 heavy (non-hydrogen) atoms. The van der Waals surface area contributed by atoms with Crippen LogP contribution in [-0.2, 0) is 6.61 Å². The average molecular weight is 271 g/mol. The first-order valence-corrected chi connectivity index (χ1v) is 5.69. The SMILES string of the molecule is O=Cc1csc2c(CO)cc(Br)cc12. The summed E-state index contributed by atoms with van der Waals surface area (Å²) in [5, 5.41) is 11.9. The Morgan fingerprint density at radius 2 is 2.29 bits per heavy atom. The van der Waals surface area contributed by atoms with Gasteiger partial charge in [-0.3, -0.25) is 4.79 Å². The van der Waals surface area contributed by atoms with Crippen LogP contribution in [0.1, 0.15) is 15.9 Å². The zero-order valence-electron chi connectivity index (χ0n) is 7.16. The normalized spacial score (nSPS) is 10.7. The maximum Gasteiger partial charge on any atom is 0.151 e. The fourth-order valence-corrected chi connectivity index (χ4v) is 2.91. The van der Waals surface area contributed by atoms with Crippen LogP contribution in [-0.4, -0.2) is 11.4 Å². The third-order valence-electron chi connectivity index (χ3n) is 2.04. The van der Waals surface area contributed by atoms with E-state index in [2.05, 4.69) is 15.9 Å². The van der Waals surface area contributed by atoms with Crippen LogP contribution < -0.4 is 0 Å². The topological polar surface area (TPSA) is 37.3 Å². The Balaban J connectivity index is 2.83. The number of benzene rings is 1. The standard InChI is InChI=1S/C10H7BrO2S/c11-8-1-6(3-12)10-9(2-8)7(4-13)5-14-10/h1-2,4-5,12H,3H2. The van der Waals surface area contributed by atoms with E-state index in [1.54, 1.807) is 0 Å². The van der Waals surface area contributed by atoms with E-state index < -0.39 is 0 Å². The van der Waals surface area contributed by atoms with Gasteiger partial charge in [0.15, 0.2) is 6.29 Å². The van der Waals surface area contributed by atoms with Gasteiger partial charge in [0.1, 0.15) is 0 Å². The lowest BCUT2D eigenvalue weighted by molar-refractivity contribution is 0.112. The number of thiophene rings is 1. The van der Waals surface area contributed by atoms with Crippen LogP contribution in [0.4, 0.5) is 0 Å². The number of aldehydes is 1. The second kappa shape index (κ2) is 3.81. The molecule has 0 radical (unpaired) electrons. The van der Waals surface area contributed by atoms with Crippen molar-refractivity contribution in [2.24, 2.45) is 0 Å². The van der Waals surface area contributed by atoms with E-state index in [9.17, 15) is 4.79 Å². The third-order valence-corrected chi connectivity index (χ3v) is 3.59. The fraction of sp³-hybridized carbons (Fsp3) is 0.100. The summed E-state index contributed by atoms with van der Waals surface area (Å²) in [5.74, 6) is 0. The zero-order valence-corrected chi connectivity index (χ0v) is 9.56. The molecule has 0 bridgehead atoms. The summed E-state index contributed by atoms with van der Waals surface area (Å²) in [5.41, 5.74) is 1.54. The molecule has 0 atom stereocenters. The number of fused-ring (bicyclic) bond motifs is 1. The van der Waals surface area contributed by atoms with E-state index in [1.165, 1.54) is 11.3 Å². The molecule has 1 aromatic heterocycles. The molecule has 1 aromatic carbocycles. The summed E-state index contributed by atoms with van der Waals surface area (Å²) in [6.07, 6.45) is 0.840. The molecule has 72 valence electrons. The van der Waals surface area contributed by atoms with Gasteiger partial charge in [-0.2, -0.15) is 0 Å². The second-order valence-corrected chi connectivity index (χ2v) is 4.70. The summed E-state index contributed by atoms with van der Waals surface area (Å²) in [6, 6.07) is 3.77. The number of carbonyl (C=O) groups excluding carboxylic acids is 1. The molecule has 1 heterocycles. The lowest BCUT2D eigenvalue weighted by Crippen LogP contribution is -1.84. The summed E-state index contributed by atoms with van der Waals surface area (Å²) < 4.78 is 1.87. The highest BCUT2D eigenvalue weighted by Gasteiger charge is 2.08. The van der Waals surface area contributed by atoms with Crippen LogP contribution in [0, 0.1) is 0 Å². The van der Waals surface area contributed by atoms with Crippen molar-refractivity contribution in [2.45, 2.75) is 6.61 Å². The quantitative estimate of drug-likeness (QED) is 0.852. The molecular formula is C10H7BrO2S. The molecule has 2 nitrogen and oxygen atoms in total. The van der Waals surface area contributed by atoms with Gasteiger partial charge in [0.2, 0.25) is 0 Å². The molecular weight excluding hydrogens is 264 g/mol. The van der Waals surface area contributed by atoms with Crippen molar-refractivity contribution < 1.29 is 9.90 Å². The molecule has 0 spiro atoms. The highest BCUT2D eigenvalue weighted by molar-refractivity contribution is 9.10. The number of hydrogen-bond acceptors (Lipinski definition) is 3. The molecule has 0 fully saturated rings. The lowest BCUT2D eigenvalue weighted by atomic mass is 10.1. The van der Waals surface area contributed by atoms with Crippen LogP contribution in [0.5, 0.6) is 0 Å². The Morgan fingerprint density at radius 1 is 1.50 bits per heavy atom. The number of hydrogen-bond donors (Lipinski definition) is 1. The smallest absolute Gasteiger partial charge is 0.151 e. The van der Waals surface area contributed by atoms with Gasteiger partial charge >= 0.3 is 0 Å². The van der Waals surface area contributed by atoms with Gasteiger partial charge in [0.05, 0.1) is 6.61 Å². The van der Waals surface area contributed by atoms with E-state index in [0.717, 1.165) is 26.4 Å². The molecule has 0 aliphatic heterocycles. The summed E-state index contributed by atoms with van der Waals surface area (Å²) in [6.45, 7) is -0.00521. The fourth-order valence-electron chi connectivity index (χ4n) is 1.40. The van der Waals surface area contributed by atoms with Gasteiger partial charge in [-0.05, 0) is 17.7 Å². The highest BCUT2D eigenvalue weighted by atomic mass is 79.9. The Bertz CT molecular complexity index is 490. The van der Waals surface area contributed by atoms with Gasteiger partial charge in [-0.25, -0.2) is 0 Å². The summed E-state index contributed by atoms with van der Waals surface area (Å²) >= 11 is 4.84. The Morgan fingerprint density at radius 3 is 2.93 bits per heavy atom. The van der Waals surface area contributed by atoms with Crippen molar-refractivity contribution in [1.29, 1.82) is 0 Å².